The van der Waals surface area contributed by atoms with Gasteiger partial charge in [0, 0.05) is 22.9 Å². The summed E-state index contributed by atoms with van der Waals surface area (Å²) < 4.78 is 16.7. The second kappa shape index (κ2) is 5.56. The fraction of sp³-hybridized carbons (Fsp3) is 0.333. The molecule has 0 atom stereocenters. The molecule has 0 unspecified atom stereocenters. The van der Waals surface area contributed by atoms with Crippen LogP contribution in [0.3, 0.4) is 0 Å². The van der Waals surface area contributed by atoms with E-state index in [0.717, 1.165) is 5.56 Å². The molecule has 5 heteroatoms. The van der Waals surface area contributed by atoms with Crippen LogP contribution in [0.4, 0.5) is 0 Å². The first kappa shape index (κ1) is 14.1. The van der Waals surface area contributed by atoms with Gasteiger partial charge in [0.05, 0.1) is 0 Å². The van der Waals surface area contributed by atoms with Crippen molar-refractivity contribution in [2.75, 3.05) is 19.1 Å². The minimum absolute atomic E-state index is 0.110. The normalized spacial score (nSPS) is 11.1. The number of Topliss-reactive ketones (excluding diaryl/α,β-unsaturated/α-hetero) is 1. The summed E-state index contributed by atoms with van der Waals surface area (Å²) in [6.07, 6.45) is 3.02. The molecule has 1 aromatic rings. The lowest BCUT2D eigenvalue weighted by Gasteiger charge is -2.07. The second-order valence-electron chi connectivity index (χ2n) is 4.09. The Morgan fingerprint density at radius 3 is 2.65 bits per heavy atom. The third kappa shape index (κ3) is 5.24. The minimum atomic E-state index is -2.17. The number of hydrogen-bond acceptors (Lipinski definition) is 3. The van der Waals surface area contributed by atoms with Crippen LogP contribution >= 0.6 is 11.6 Å². The first-order valence-electron chi connectivity index (χ1n) is 4.99. The van der Waals surface area contributed by atoms with Crippen LogP contribution in [0, 0.1) is 6.92 Å². The van der Waals surface area contributed by atoms with Gasteiger partial charge in [-0.25, -0.2) is 0 Å². The Bertz CT molecular complexity index is 535. The summed E-state index contributed by atoms with van der Waals surface area (Å²) in [5.74, 6) is 0.323. The van der Waals surface area contributed by atoms with E-state index in [4.69, 9.17) is 16.3 Å². The number of rotatable bonds is 4. The van der Waals surface area contributed by atoms with Gasteiger partial charge in [-0.1, -0.05) is 11.6 Å². The molecule has 0 aliphatic rings. The summed E-state index contributed by atoms with van der Waals surface area (Å²) in [7, 11) is -2.17. The largest absolute Gasteiger partial charge is 0.485 e. The highest BCUT2D eigenvalue weighted by atomic mass is 35.5. The van der Waals surface area contributed by atoms with Crippen LogP contribution in [0.2, 0.25) is 5.02 Å². The average molecular weight is 275 g/mol. The molecule has 0 radical (unpaired) electrons. The molecule has 0 amide bonds. The van der Waals surface area contributed by atoms with E-state index in [9.17, 15) is 9.00 Å². The van der Waals surface area contributed by atoms with Gasteiger partial charge in [-0.15, -0.1) is 0 Å². The van der Waals surface area contributed by atoms with Gasteiger partial charge in [0.25, 0.3) is 0 Å². The maximum absolute atomic E-state index is 11.4. The number of ketones is 1. The number of halogens is 1. The minimum Gasteiger partial charge on any atom is -0.485 e. The smallest absolute Gasteiger partial charge is 0.200 e. The molecule has 1 rings (SSSR count). The first-order chi connectivity index (χ1) is 7.78. The van der Waals surface area contributed by atoms with E-state index >= 15 is 0 Å². The van der Waals surface area contributed by atoms with Crippen molar-refractivity contribution >= 4 is 32.3 Å². The highest BCUT2D eigenvalue weighted by Crippen LogP contribution is 2.21. The molecule has 0 saturated heterocycles. The Hall–Kier alpha value is -1.00. The lowest BCUT2D eigenvalue weighted by Crippen LogP contribution is -2.16. The molecule has 3 nitrogen and oxygen atoms in total. The molecule has 0 spiro atoms. The number of benzene rings is 1. The van der Waals surface area contributed by atoms with E-state index < -0.39 is 9.52 Å². The summed E-state index contributed by atoms with van der Waals surface area (Å²) in [6.45, 7) is 1.74. The van der Waals surface area contributed by atoms with Gasteiger partial charge >= 0.3 is 0 Å². The Kier molecular flexibility index (Phi) is 4.60. The van der Waals surface area contributed by atoms with E-state index in [1.807, 2.05) is 6.92 Å². The summed E-state index contributed by atoms with van der Waals surface area (Å²) in [5.41, 5.74) is 0.860. The Morgan fingerprint density at radius 1 is 1.47 bits per heavy atom. The summed E-state index contributed by atoms with van der Waals surface area (Å²) in [5, 5.41) is 1.83. The predicted octanol–water partition coefficient (Wildman–Crippen LogP) is 1.94. The first-order valence-corrected chi connectivity index (χ1v) is 7.80. The monoisotopic (exact) mass is 274 g/mol. The van der Waals surface area contributed by atoms with Gasteiger partial charge in [-0.05, 0) is 40.2 Å². The molecule has 0 heterocycles. The Labute approximate surface area is 107 Å². The van der Waals surface area contributed by atoms with Crippen LogP contribution in [0.15, 0.2) is 18.2 Å². The molecule has 0 aliphatic heterocycles. The number of hydrogen-bond donors (Lipinski definition) is 0. The quantitative estimate of drug-likeness (QED) is 0.788. The molecule has 0 saturated carbocycles. The molecule has 17 heavy (non-hydrogen) atoms. The van der Waals surface area contributed by atoms with Gasteiger partial charge in [0.1, 0.15) is 5.75 Å². The molecule has 0 N–H and O–H groups in total. The van der Waals surface area contributed by atoms with Gasteiger partial charge in [-0.3, -0.25) is 9.00 Å². The molecule has 0 aromatic heterocycles. The van der Waals surface area contributed by atoms with Crippen molar-refractivity contribution in [1.82, 2.24) is 0 Å². The van der Waals surface area contributed by atoms with Crippen LogP contribution in [-0.2, 0) is 14.3 Å². The van der Waals surface area contributed by atoms with Gasteiger partial charge in [0.15, 0.2) is 6.61 Å². The van der Waals surface area contributed by atoms with Crippen molar-refractivity contribution in [3.63, 3.8) is 0 Å². The number of ether oxygens (including phenoxy) is 1. The average Bonchev–Trinajstić information content (AvgIpc) is 2.13. The second-order valence-corrected chi connectivity index (χ2v) is 7.38. The molecular formula is C12H15ClO3S. The topological polar surface area (TPSA) is 43.4 Å². The van der Waals surface area contributed by atoms with Crippen molar-refractivity contribution in [1.29, 1.82) is 0 Å². The van der Waals surface area contributed by atoms with Gasteiger partial charge in [0.2, 0.25) is 5.78 Å². The van der Waals surface area contributed by atoms with E-state index in [0.29, 0.717) is 10.8 Å². The predicted molar refractivity (Wildman–Crippen MR) is 72.7 cm³/mol. The SMILES string of the molecule is Cc1cc(Cl)ccc1OCC(=O)C=S(C)(C)=O. The molecule has 0 aliphatic carbocycles. The number of carbonyl (C=O) groups excluding carboxylic acids is 1. The highest BCUT2D eigenvalue weighted by molar-refractivity contribution is 8.01. The van der Waals surface area contributed by atoms with E-state index in [1.165, 1.54) is 17.9 Å². The molecule has 1 aromatic carbocycles. The standard InChI is InChI=1S/C12H15ClO3S/c1-9-6-10(13)4-5-12(9)16-7-11(14)8-17(2,3)15/h4-6,8H,7H2,1-3H3. The highest BCUT2D eigenvalue weighted by Gasteiger charge is 2.04. The van der Waals surface area contributed by atoms with Gasteiger partial charge < -0.3 is 4.74 Å². The Morgan fingerprint density at radius 2 is 2.12 bits per heavy atom. The van der Waals surface area contributed by atoms with Crippen molar-refractivity contribution in [2.24, 2.45) is 0 Å². The maximum Gasteiger partial charge on any atom is 0.200 e. The van der Waals surface area contributed by atoms with Crippen LogP contribution in [-0.4, -0.2) is 34.5 Å². The van der Waals surface area contributed by atoms with Crippen LogP contribution in [0.25, 0.3) is 0 Å². The zero-order valence-corrected chi connectivity index (χ0v) is 11.6. The fourth-order valence-corrected chi connectivity index (χ4v) is 2.20. The lowest BCUT2D eigenvalue weighted by atomic mass is 10.2. The van der Waals surface area contributed by atoms with Gasteiger partial charge in [-0.2, -0.15) is 0 Å². The van der Waals surface area contributed by atoms with E-state index in [-0.39, 0.29) is 12.4 Å². The van der Waals surface area contributed by atoms with Crippen molar-refractivity contribution < 1.29 is 13.7 Å². The zero-order chi connectivity index (χ0) is 13.1. The van der Waals surface area contributed by atoms with Crippen LogP contribution in [0.5, 0.6) is 5.75 Å². The number of carbonyl (C=O) groups is 1. The van der Waals surface area contributed by atoms with Crippen LogP contribution in [0.1, 0.15) is 5.56 Å². The third-order valence-corrected chi connectivity index (χ3v) is 2.99. The van der Waals surface area contributed by atoms with E-state index in [1.54, 1.807) is 18.2 Å². The van der Waals surface area contributed by atoms with Crippen LogP contribution < -0.4 is 4.74 Å². The molecule has 0 fully saturated rings. The lowest BCUT2D eigenvalue weighted by molar-refractivity contribution is -0.114. The van der Waals surface area contributed by atoms with Crippen molar-refractivity contribution in [3.05, 3.63) is 28.8 Å². The summed E-state index contributed by atoms with van der Waals surface area (Å²) in [6, 6.07) is 5.16. The van der Waals surface area contributed by atoms with Crippen molar-refractivity contribution in [2.45, 2.75) is 6.92 Å². The maximum atomic E-state index is 11.4. The zero-order valence-electron chi connectivity index (χ0n) is 10.0. The molecular weight excluding hydrogens is 260 g/mol. The number of aryl methyl sites for hydroxylation is 1. The third-order valence-electron chi connectivity index (χ3n) is 1.92. The van der Waals surface area contributed by atoms with Crippen molar-refractivity contribution in [3.8, 4) is 5.75 Å². The fourth-order valence-electron chi connectivity index (χ4n) is 1.27. The molecule has 94 valence electrons. The Balaban J connectivity index is 2.69. The van der Waals surface area contributed by atoms with E-state index in [2.05, 4.69) is 0 Å². The summed E-state index contributed by atoms with van der Waals surface area (Å²) >= 11 is 5.80. The summed E-state index contributed by atoms with van der Waals surface area (Å²) in [4.78, 5) is 11.4. The molecule has 0 bridgehead atoms.